The van der Waals surface area contributed by atoms with Gasteiger partial charge in [-0.2, -0.15) is 9.61 Å². The lowest BCUT2D eigenvalue weighted by Crippen LogP contribution is -2.52. The molecule has 3 aliphatic heterocycles. The van der Waals surface area contributed by atoms with Crippen molar-refractivity contribution in [2.45, 2.75) is 62.6 Å². The number of nitrogens with zero attached hydrogens (tertiary/aromatic N) is 5. The molecule has 1 amide bonds. The summed E-state index contributed by atoms with van der Waals surface area (Å²) < 4.78 is 1.71. The van der Waals surface area contributed by atoms with Crippen molar-refractivity contribution in [3.8, 4) is 22.4 Å². The van der Waals surface area contributed by atoms with Crippen LogP contribution in [0.1, 0.15) is 50.1 Å². The third-order valence-corrected chi connectivity index (χ3v) is 8.43. The maximum atomic E-state index is 13.2. The number of hydrogen-bond acceptors (Lipinski definition) is 6. The summed E-state index contributed by atoms with van der Waals surface area (Å²) in [5.74, 6) is 1.17. The van der Waals surface area contributed by atoms with Crippen LogP contribution in [-0.2, 0) is 4.79 Å². The fourth-order valence-corrected chi connectivity index (χ4v) is 6.61. The van der Waals surface area contributed by atoms with Crippen LogP contribution in [0.15, 0.2) is 60.9 Å². The van der Waals surface area contributed by atoms with E-state index in [9.17, 15) is 4.79 Å². The maximum absolute atomic E-state index is 13.2. The van der Waals surface area contributed by atoms with Crippen LogP contribution in [0, 0.1) is 0 Å². The lowest BCUT2D eigenvalue weighted by atomic mass is 9.87. The molecule has 3 saturated heterocycles. The highest BCUT2D eigenvalue weighted by Crippen LogP contribution is 2.44. The van der Waals surface area contributed by atoms with Crippen LogP contribution < -0.4 is 11.1 Å². The van der Waals surface area contributed by atoms with E-state index in [2.05, 4.69) is 33.5 Å². The molecule has 4 atom stereocenters. The van der Waals surface area contributed by atoms with Crippen LogP contribution in [0.4, 0.5) is 5.82 Å². The van der Waals surface area contributed by atoms with E-state index in [-0.39, 0.29) is 24.0 Å². The van der Waals surface area contributed by atoms with Crippen LogP contribution in [0.5, 0.6) is 0 Å². The molecule has 1 aromatic carbocycles. The molecule has 0 aliphatic carbocycles. The zero-order chi connectivity index (χ0) is 24.9. The standard InChI is InChI=1S/C29H31N7O/c30-27-15-26(20-13-21-9-10-22(14-20)35(21)29(37)25-7-4-12-31-25)34-28-23(17-33-36(27)28)19-8-11-24(32-16-19)18-5-2-1-3-6-18/h1-3,5-6,8,11,15-17,20-22,25,31H,4,7,9-10,12-14,30H2/t20?,21-,22+,25?. The number of aromatic nitrogens is 4. The zero-order valence-corrected chi connectivity index (χ0v) is 20.8. The summed E-state index contributed by atoms with van der Waals surface area (Å²) >= 11 is 0. The highest BCUT2D eigenvalue weighted by molar-refractivity contribution is 5.83. The molecule has 0 saturated carbocycles. The van der Waals surface area contributed by atoms with E-state index >= 15 is 0 Å². The number of nitrogen functional groups attached to an aromatic ring is 1. The molecule has 6 heterocycles. The Morgan fingerprint density at radius 3 is 2.49 bits per heavy atom. The Kier molecular flexibility index (Phi) is 5.43. The molecular formula is C29H31N7O. The second-order valence-electron chi connectivity index (χ2n) is 10.6. The van der Waals surface area contributed by atoms with Crippen molar-refractivity contribution in [3.63, 3.8) is 0 Å². The number of nitrogens with one attached hydrogen (secondary N) is 1. The van der Waals surface area contributed by atoms with Gasteiger partial charge in [0.15, 0.2) is 5.65 Å². The number of hydrogen-bond donors (Lipinski definition) is 2. The molecule has 0 radical (unpaired) electrons. The third-order valence-electron chi connectivity index (χ3n) is 8.43. The van der Waals surface area contributed by atoms with Crippen molar-refractivity contribution in [2.75, 3.05) is 12.3 Å². The number of carbonyl (C=O) groups excluding carboxylic acids is 1. The molecule has 3 N–H and O–H groups in total. The molecule has 3 aromatic heterocycles. The van der Waals surface area contributed by atoms with Gasteiger partial charge in [-0.25, -0.2) is 4.98 Å². The van der Waals surface area contributed by atoms with Gasteiger partial charge in [0.25, 0.3) is 0 Å². The summed E-state index contributed by atoms with van der Waals surface area (Å²) in [7, 11) is 0. The van der Waals surface area contributed by atoms with E-state index in [1.54, 1.807) is 4.52 Å². The normalized spacial score (nSPS) is 25.1. The van der Waals surface area contributed by atoms with Crippen molar-refractivity contribution >= 4 is 17.4 Å². The number of amides is 1. The number of carbonyl (C=O) groups is 1. The van der Waals surface area contributed by atoms with E-state index < -0.39 is 0 Å². The predicted octanol–water partition coefficient (Wildman–Crippen LogP) is 4.03. The summed E-state index contributed by atoms with van der Waals surface area (Å²) in [6.45, 7) is 0.948. The zero-order valence-electron chi connectivity index (χ0n) is 20.8. The summed E-state index contributed by atoms with van der Waals surface area (Å²) in [5, 5.41) is 7.91. The van der Waals surface area contributed by atoms with E-state index in [1.165, 1.54) is 0 Å². The minimum absolute atomic E-state index is 0.000935. The second-order valence-corrected chi connectivity index (χ2v) is 10.6. The molecule has 8 heteroatoms. The fraction of sp³-hybridized carbons (Fsp3) is 0.379. The predicted molar refractivity (Wildman–Crippen MR) is 143 cm³/mol. The third kappa shape index (κ3) is 3.87. The molecule has 188 valence electrons. The highest BCUT2D eigenvalue weighted by Gasteiger charge is 2.45. The first kappa shape index (κ1) is 22.4. The van der Waals surface area contributed by atoms with E-state index in [0.29, 0.717) is 11.7 Å². The van der Waals surface area contributed by atoms with Crippen molar-refractivity contribution in [1.29, 1.82) is 0 Å². The quantitative estimate of drug-likeness (QED) is 0.445. The minimum Gasteiger partial charge on any atom is -0.384 e. The van der Waals surface area contributed by atoms with Crippen LogP contribution in [0.25, 0.3) is 28.0 Å². The van der Waals surface area contributed by atoms with Gasteiger partial charge in [-0.1, -0.05) is 36.4 Å². The Balaban J connectivity index is 1.17. The highest BCUT2D eigenvalue weighted by atomic mass is 16.2. The Morgan fingerprint density at radius 2 is 1.78 bits per heavy atom. The van der Waals surface area contributed by atoms with Gasteiger partial charge in [0, 0.05) is 52.6 Å². The van der Waals surface area contributed by atoms with Crippen LogP contribution in [0.3, 0.4) is 0 Å². The Hall–Kier alpha value is -3.78. The van der Waals surface area contributed by atoms with Gasteiger partial charge in [-0.15, -0.1) is 0 Å². The van der Waals surface area contributed by atoms with Gasteiger partial charge in [0.05, 0.1) is 17.9 Å². The summed E-state index contributed by atoms with van der Waals surface area (Å²) in [4.78, 5) is 25.2. The molecular weight excluding hydrogens is 462 g/mol. The number of piperidine rings is 1. The fourth-order valence-electron chi connectivity index (χ4n) is 6.61. The minimum atomic E-state index is 0.000935. The Morgan fingerprint density at radius 1 is 0.973 bits per heavy atom. The maximum Gasteiger partial charge on any atom is 0.240 e. The molecule has 8 nitrogen and oxygen atoms in total. The monoisotopic (exact) mass is 493 g/mol. The van der Waals surface area contributed by atoms with Crippen molar-refractivity contribution < 1.29 is 4.79 Å². The van der Waals surface area contributed by atoms with Crippen molar-refractivity contribution in [3.05, 3.63) is 66.6 Å². The van der Waals surface area contributed by atoms with Gasteiger partial charge in [0.1, 0.15) is 5.82 Å². The average molecular weight is 494 g/mol. The number of benzene rings is 1. The number of nitrogens with two attached hydrogens (primary N) is 1. The van der Waals surface area contributed by atoms with Gasteiger partial charge in [0.2, 0.25) is 5.91 Å². The molecule has 2 bridgehead atoms. The second kappa shape index (κ2) is 8.95. The first-order valence-electron chi connectivity index (χ1n) is 13.4. The summed E-state index contributed by atoms with van der Waals surface area (Å²) in [5.41, 5.74) is 12.1. The number of pyridine rings is 1. The number of anilines is 1. The first-order valence-corrected chi connectivity index (χ1v) is 13.4. The molecule has 37 heavy (non-hydrogen) atoms. The van der Waals surface area contributed by atoms with E-state index in [0.717, 1.165) is 78.8 Å². The SMILES string of the molecule is Nc1cc(C2C[C@H]3CC[C@@H](C2)N3C(=O)C2CCCN2)nc2c(-c3ccc(-c4ccccc4)nc3)cnn12. The molecule has 4 aromatic rings. The van der Waals surface area contributed by atoms with E-state index in [1.807, 2.05) is 42.7 Å². The van der Waals surface area contributed by atoms with Crippen LogP contribution in [-0.4, -0.2) is 55.1 Å². The largest absolute Gasteiger partial charge is 0.384 e. The lowest BCUT2D eigenvalue weighted by Gasteiger charge is -2.40. The molecule has 3 aliphatic rings. The Bertz CT molecular complexity index is 1430. The van der Waals surface area contributed by atoms with Crippen LogP contribution >= 0.6 is 0 Å². The molecule has 0 spiro atoms. The Labute approximate surface area is 215 Å². The van der Waals surface area contributed by atoms with Crippen molar-refractivity contribution in [1.82, 2.24) is 29.8 Å². The van der Waals surface area contributed by atoms with Gasteiger partial charge in [-0.05, 0) is 51.1 Å². The molecule has 2 unspecified atom stereocenters. The van der Waals surface area contributed by atoms with Crippen LogP contribution in [0.2, 0.25) is 0 Å². The van der Waals surface area contributed by atoms with Gasteiger partial charge < -0.3 is 16.0 Å². The van der Waals surface area contributed by atoms with Gasteiger partial charge >= 0.3 is 0 Å². The smallest absolute Gasteiger partial charge is 0.240 e. The topological polar surface area (TPSA) is 101 Å². The average Bonchev–Trinajstić information content (AvgIpc) is 3.68. The molecule has 7 rings (SSSR count). The summed E-state index contributed by atoms with van der Waals surface area (Å²) in [6.07, 6.45) is 9.78. The van der Waals surface area contributed by atoms with E-state index in [4.69, 9.17) is 15.7 Å². The molecule has 3 fully saturated rings. The summed E-state index contributed by atoms with van der Waals surface area (Å²) in [6, 6.07) is 16.8. The first-order chi connectivity index (χ1) is 18.2. The van der Waals surface area contributed by atoms with Crippen molar-refractivity contribution in [2.24, 2.45) is 0 Å². The van der Waals surface area contributed by atoms with Gasteiger partial charge in [-0.3, -0.25) is 9.78 Å². The lowest BCUT2D eigenvalue weighted by molar-refractivity contribution is -0.137. The number of fused-ring (bicyclic) bond motifs is 3. The number of rotatable bonds is 4.